The molecule has 1 fully saturated rings. The zero-order valence-electron chi connectivity index (χ0n) is 18.6. The first-order chi connectivity index (χ1) is 15.7. The molecule has 4 aromatic rings. The fraction of sp³-hybridized carbons (Fsp3) is 0.333. The molecule has 1 aliphatic rings. The van der Waals surface area contributed by atoms with Gasteiger partial charge in [0.2, 0.25) is 5.91 Å². The Morgan fingerprint density at radius 3 is 2.53 bits per heavy atom. The quantitative estimate of drug-likeness (QED) is 0.480. The average molecular weight is 427 g/mol. The average Bonchev–Trinajstić information content (AvgIpc) is 3.33. The van der Waals surface area contributed by atoms with Gasteiger partial charge in [0.05, 0.1) is 16.6 Å². The van der Waals surface area contributed by atoms with Gasteiger partial charge in [-0.25, -0.2) is 4.98 Å². The Hall–Kier alpha value is -3.34. The van der Waals surface area contributed by atoms with E-state index in [1.807, 2.05) is 18.2 Å². The van der Waals surface area contributed by atoms with Gasteiger partial charge in [-0.05, 0) is 62.4 Å². The van der Waals surface area contributed by atoms with E-state index < -0.39 is 0 Å². The predicted octanol–water partition coefficient (Wildman–Crippen LogP) is 4.84. The van der Waals surface area contributed by atoms with Crippen LogP contribution in [0.5, 0.6) is 0 Å². The summed E-state index contributed by atoms with van der Waals surface area (Å²) in [6.07, 6.45) is 5.76. The van der Waals surface area contributed by atoms with Crippen molar-refractivity contribution in [2.75, 3.05) is 18.0 Å². The monoisotopic (exact) mass is 426 g/mol. The van der Waals surface area contributed by atoms with Gasteiger partial charge in [-0.15, -0.1) is 0 Å². The standard InChI is InChI=1S/C27H30N4O/c1-20(13-14-21-8-3-2-4-9-21)28-27(32)22-15-18-30(19-16-22)26-25-12-7-17-31(25)24-11-6-5-10-23(24)29-26/h2-12,17,20,22H,13-16,18-19H2,1H3,(H,28,32). The number of rotatable bonds is 6. The van der Waals surface area contributed by atoms with Crippen molar-refractivity contribution in [1.29, 1.82) is 0 Å². The molecule has 5 heteroatoms. The van der Waals surface area contributed by atoms with Crippen molar-refractivity contribution in [3.8, 4) is 0 Å². The lowest BCUT2D eigenvalue weighted by Crippen LogP contribution is -2.43. The molecule has 1 unspecified atom stereocenters. The third kappa shape index (κ3) is 4.20. The van der Waals surface area contributed by atoms with Crippen molar-refractivity contribution < 1.29 is 4.79 Å². The van der Waals surface area contributed by atoms with Crippen LogP contribution in [0.4, 0.5) is 5.82 Å². The van der Waals surface area contributed by atoms with E-state index in [4.69, 9.17) is 4.98 Å². The summed E-state index contributed by atoms with van der Waals surface area (Å²) in [7, 11) is 0. The lowest BCUT2D eigenvalue weighted by Gasteiger charge is -2.33. The Labute approximate surface area is 189 Å². The molecule has 1 saturated heterocycles. The first-order valence-electron chi connectivity index (χ1n) is 11.6. The van der Waals surface area contributed by atoms with Crippen molar-refractivity contribution in [2.24, 2.45) is 5.92 Å². The van der Waals surface area contributed by atoms with Crippen molar-refractivity contribution in [2.45, 2.75) is 38.6 Å². The van der Waals surface area contributed by atoms with Crippen LogP contribution in [0.3, 0.4) is 0 Å². The second-order valence-corrected chi connectivity index (χ2v) is 8.88. The summed E-state index contributed by atoms with van der Waals surface area (Å²) >= 11 is 0. The van der Waals surface area contributed by atoms with Crippen molar-refractivity contribution in [1.82, 2.24) is 14.7 Å². The Morgan fingerprint density at radius 2 is 1.72 bits per heavy atom. The fourth-order valence-corrected chi connectivity index (χ4v) is 4.75. The maximum Gasteiger partial charge on any atom is 0.223 e. The highest BCUT2D eigenvalue weighted by atomic mass is 16.1. The molecule has 5 nitrogen and oxygen atoms in total. The Morgan fingerprint density at radius 1 is 1.00 bits per heavy atom. The van der Waals surface area contributed by atoms with Crippen LogP contribution >= 0.6 is 0 Å². The normalized spacial score (nSPS) is 15.8. The third-order valence-electron chi connectivity index (χ3n) is 6.61. The van der Waals surface area contributed by atoms with Gasteiger partial charge in [0, 0.05) is 31.2 Å². The lowest BCUT2D eigenvalue weighted by atomic mass is 9.95. The number of amides is 1. The van der Waals surface area contributed by atoms with Crippen LogP contribution in [0.15, 0.2) is 72.9 Å². The van der Waals surface area contributed by atoms with Crippen LogP contribution in [0, 0.1) is 5.92 Å². The van der Waals surface area contributed by atoms with E-state index in [1.165, 1.54) is 5.56 Å². The number of aromatic nitrogens is 2. The molecule has 0 radical (unpaired) electrons. The summed E-state index contributed by atoms with van der Waals surface area (Å²) in [6, 6.07) is 23.1. The van der Waals surface area contributed by atoms with E-state index in [1.54, 1.807) is 0 Å². The molecular weight excluding hydrogens is 396 g/mol. The Bertz CT molecular complexity index is 1210. The zero-order valence-corrected chi connectivity index (χ0v) is 18.6. The van der Waals surface area contributed by atoms with Crippen LogP contribution in [0.1, 0.15) is 31.7 Å². The summed E-state index contributed by atoms with van der Waals surface area (Å²) in [5.74, 6) is 1.29. The van der Waals surface area contributed by atoms with Gasteiger partial charge in [0.15, 0.2) is 5.82 Å². The predicted molar refractivity (Wildman–Crippen MR) is 130 cm³/mol. The molecule has 0 spiro atoms. The molecule has 1 amide bonds. The van der Waals surface area contributed by atoms with Crippen LogP contribution in [-0.4, -0.2) is 34.4 Å². The molecule has 0 saturated carbocycles. The molecule has 32 heavy (non-hydrogen) atoms. The van der Waals surface area contributed by atoms with Crippen LogP contribution < -0.4 is 10.2 Å². The molecule has 0 bridgehead atoms. The van der Waals surface area contributed by atoms with Gasteiger partial charge < -0.3 is 14.6 Å². The number of hydrogen-bond acceptors (Lipinski definition) is 3. The fourth-order valence-electron chi connectivity index (χ4n) is 4.75. The minimum atomic E-state index is 0.0775. The van der Waals surface area contributed by atoms with E-state index >= 15 is 0 Å². The first-order valence-corrected chi connectivity index (χ1v) is 11.6. The molecule has 164 valence electrons. The molecule has 1 aliphatic heterocycles. The number of carbonyl (C=O) groups excluding carboxylic acids is 1. The zero-order chi connectivity index (χ0) is 21.9. The lowest BCUT2D eigenvalue weighted by molar-refractivity contribution is -0.126. The highest BCUT2D eigenvalue weighted by Gasteiger charge is 2.27. The Balaban J connectivity index is 1.20. The van der Waals surface area contributed by atoms with Gasteiger partial charge in [-0.3, -0.25) is 4.79 Å². The van der Waals surface area contributed by atoms with E-state index in [0.717, 1.165) is 61.1 Å². The highest BCUT2D eigenvalue weighted by molar-refractivity contribution is 5.85. The molecule has 1 N–H and O–H groups in total. The molecule has 5 rings (SSSR count). The van der Waals surface area contributed by atoms with Crippen molar-refractivity contribution >= 4 is 28.3 Å². The Kier molecular flexibility index (Phi) is 5.80. The largest absolute Gasteiger partial charge is 0.355 e. The molecule has 0 aliphatic carbocycles. The molecule has 2 aromatic carbocycles. The van der Waals surface area contributed by atoms with Crippen molar-refractivity contribution in [3.63, 3.8) is 0 Å². The maximum atomic E-state index is 12.9. The van der Waals surface area contributed by atoms with E-state index in [0.29, 0.717) is 0 Å². The maximum absolute atomic E-state index is 12.9. The van der Waals surface area contributed by atoms with Gasteiger partial charge >= 0.3 is 0 Å². The topological polar surface area (TPSA) is 49.6 Å². The van der Waals surface area contributed by atoms with Gasteiger partial charge in [0.1, 0.15) is 0 Å². The summed E-state index contributed by atoms with van der Waals surface area (Å²) in [6.45, 7) is 3.81. The number of anilines is 1. The first kappa shape index (κ1) is 20.6. The number of nitrogens with one attached hydrogen (secondary N) is 1. The number of aryl methyl sites for hydroxylation is 1. The number of benzene rings is 2. The number of carbonyl (C=O) groups is 1. The molecule has 2 aromatic heterocycles. The number of fused-ring (bicyclic) bond motifs is 3. The van der Waals surface area contributed by atoms with Gasteiger partial charge in [-0.1, -0.05) is 42.5 Å². The second kappa shape index (κ2) is 9.03. The van der Waals surface area contributed by atoms with E-state index in [2.05, 4.69) is 76.3 Å². The van der Waals surface area contributed by atoms with Crippen molar-refractivity contribution in [3.05, 3.63) is 78.5 Å². The molecule has 1 atom stereocenters. The number of para-hydroxylation sites is 2. The highest BCUT2D eigenvalue weighted by Crippen LogP contribution is 2.29. The SMILES string of the molecule is CC(CCc1ccccc1)NC(=O)C1CCN(c2nc3ccccc3n3cccc23)CC1. The summed E-state index contributed by atoms with van der Waals surface area (Å²) < 4.78 is 2.21. The third-order valence-corrected chi connectivity index (χ3v) is 6.61. The van der Waals surface area contributed by atoms with Gasteiger partial charge in [0.25, 0.3) is 0 Å². The summed E-state index contributed by atoms with van der Waals surface area (Å²) in [4.78, 5) is 20.2. The number of piperidine rings is 1. The van der Waals surface area contributed by atoms with Crippen LogP contribution in [0.25, 0.3) is 16.6 Å². The van der Waals surface area contributed by atoms with Crippen LogP contribution in [0.2, 0.25) is 0 Å². The van der Waals surface area contributed by atoms with Crippen LogP contribution in [-0.2, 0) is 11.2 Å². The molecular formula is C27H30N4O. The van der Waals surface area contributed by atoms with E-state index in [9.17, 15) is 4.79 Å². The summed E-state index contributed by atoms with van der Waals surface area (Å²) in [5.41, 5.74) is 4.57. The second-order valence-electron chi connectivity index (χ2n) is 8.88. The molecule has 3 heterocycles. The summed E-state index contributed by atoms with van der Waals surface area (Å²) in [5, 5.41) is 3.25. The van der Waals surface area contributed by atoms with Gasteiger partial charge in [-0.2, -0.15) is 0 Å². The smallest absolute Gasteiger partial charge is 0.223 e. The minimum Gasteiger partial charge on any atom is -0.355 e. The van der Waals surface area contributed by atoms with E-state index in [-0.39, 0.29) is 17.9 Å². The number of hydrogen-bond donors (Lipinski definition) is 1. The minimum absolute atomic E-state index is 0.0775. The number of nitrogens with zero attached hydrogens (tertiary/aromatic N) is 3.